The van der Waals surface area contributed by atoms with E-state index in [0.29, 0.717) is 18.1 Å². The molecule has 34 heavy (non-hydrogen) atoms. The molecule has 1 heterocycles. The van der Waals surface area contributed by atoms with Gasteiger partial charge < -0.3 is 25.2 Å². The van der Waals surface area contributed by atoms with Gasteiger partial charge in [-0.1, -0.05) is 13.8 Å². The molecule has 0 atom stereocenters. The minimum atomic E-state index is -0.612. The summed E-state index contributed by atoms with van der Waals surface area (Å²) in [5.41, 5.74) is 0.0952. The number of halogens is 1. The lowest BCUT2D eigenvalue weighted by Crippen LogP contribution is -2.34. The Bertz CT molecular complexity index is 1000. The average molecular weight is 491 g/mol. The van der Waals surface area contributed by atoms with Gasteiger partial charge in [0.2, 0.25) is 5.91 Å². The molecule has 3 N–H and O–H groups in total. The normalized spacial score (nSPS) is 10.5. The minimum Gasteiger partial charge on any atom is -0.457 e. The fourth-order valence-electron chi connectivity index (χ4n) is 3.03. The molecule has 0 saturated carbocycles. The number of carbonyl (C=O) groups excluding carboxylic acids is 2. The fourth-order valence-corrected chi connectivity index (χ4v) is 3.28. The summed E-state index contributed by atoms with van der Waals surface area (Å²) in [6.45, 7) is 9.04. The molecule has 2 rings (SSSR count). The predicted molar refractivity (Wildman–Crippen MR) is 135 cm³/mol. The first-order valence-corrected chi connectivity index (χ1v) is 11.4. The van der Waals surface area contributed by atoms with E-state index in [1.165, 1.54) is 25.3 Å². The molecule has 0 spiro atoms. The lowest BCUT2D eigenvalue weighted by Gasteiger charge is -2.21. The van der Waals surface area contributed by atoms with E-state index in [1.54, 1.807) is 30.1 Å². The monoisotopic (exact) mass is 490 g/mol. The molecule has 9 nitrogen and oxygen atoms in total. The van der Waals surface area contributed by atoms with Crippen LogP contribution in [0.15, 0.2) is 36.5 Å². The number of benzene rings is 1. The van der Waals surface area contributed by atoms with E-state index in [4.69, 9.17) is 17.0 Å². The van der Waals surface area contributed by atoms with Gasteiger partial charge >= 0.3 is 6.03 Å². The molecule has 1 aromatic carbocycles. The molecule has 1 aromatic heterocycles. The van der Waals surface area contributed by atoms with E-state index < -0.39 is 5.82 Å². The maximum atomic E-state index is 14.4. The number of nitrogens with one attached hydrogen (secondary N) is 3. The zero-order valence-electron chi connectivity index (χ0n) is 19.9. The van der Waals surface area contributed by atoms with Crippen LogP contribution >= 0.6 is 12.2 Å². The highest BCUT2D eigenvalue weighted by atomic mass is 32.1. The van der Waals surface area contributed by atoms with E-state index >= 15 is 0 Å². The Morgan fingerprint density at radius 2 is 1.79 bits per heavy atom. The molecular formula is C23H31FN6O3S. The first kappa shape index (κ1) is 26.9. The van der Waals surface area contributed by atoms with Crippen LogP contribution in [0.4, 0.5) is 20.7 Å². The van der Waals surface area contributed by atoms with Gasteiger partial charge in [-0.2, -0.15) is 0 Å². The van der Waals surface area contributed by atoms with Crippen LogP contribution in [0.3, 0.4) is 0 Å². The summed E-state index contributed by atoms with van der Waals surface area (Å²) in [6, 6.07) is 7.04. The number of carbonyl (C=O) groups is 2. The lowest BCUT2D eigenvalue weighted by atomic mass is 10.3. The van der Waals surface area contributed by atoms with Gasteiger partial charge in [-0.25, -0.2) is 14.2 Å². The lowest BCUT2D eigenvalue weighted by molar-refractivity contribution is -0.117. The van der Waals surface area contributed by atoms with Crippen molar-refractivity contribution in [2.24, 2.45) is 0 Å². The van der Waals surface area contributed by atoms with E-state index in [1.807, 2.05) is 0 Å². The number of ether oxygens (including phenoxy) is 1. The van der Waals surface area contributed by atoms with Gasteiger partial charge in [0.15, 0.2) is 5.11 Å². The second kappa shape index (κ2) is 13.4. The highest BCUT2D eigenvalue weighted by Crippen LogP contribution is 2.26. The number of pyridine rings is 1. The van der Waals surface area contributed by atoms with Crippen molar-refractivity contribution >= 4 is 40.8 Å². The molecule has 11 heteroatoms. The molecule has 0 saturated heterocycles. The van der Waals surface area contributed by atoms with Gasteiger partial charge in [-0.3, -0.25) is 10.1 Å². The molecule has 0 bridgehead atoms. The SMILES string of the molecule is CCN(CC)CCCN(C)C(=O)Nc1cc(Oc2ccc(NC(=S)NC(C)=O)c(F)c2)ccn1. The highest BCUT2D eigenvalue weighted by Gasteiger charge is 2.12. The summed E-state index contributed by atoms with van der Waals surface area (Å²) in [7, 11) is 1.73. The Labute approximate surface area is 204 Å². The number of nitrogens with zero attached hydrogens (tertiary/aromatic N) is 3. The molecule has 0 radical (unpaired) electrons. The third-order valence-electron chi connectivity index (χ3n) is 4.89. The summed E-state index contributed by atoms with van der Waals surface area (Å²) < 4.78 is 20.1. The Morgan fingerprint density at radius 3 is 2.44 bits per heavy atom. The highest BCUT2D eigenvalue weighted by molar-refractivity contribution is 7.80. The van der Waals surface area contributed by atoms with Crippen molar-refractivity contribution in [1.29, 1.82) is 0 Å². The van der Waals surface area contributed by atoms with E-state index in [2.05, 4.69) is 39.7 Å². The third kappa shape index (κ3) is 8.91. The molecule has 0 unspecified atom stereocenters. The summed E-state index contributed by atoms with van der Waals surface area (Å²) in [4.78, 5) is 31.5. The van der Waals surface area contributed by atoms with Crippen molar-refractivity contribution in [2.45, 2.75) is 27.2 Å². The van der Waals surface area contributed by atoms with Gasteiger partial charge in [-0.05, 0) is 56.5 Å². The van der Waals surface area contributed by atoms with Crippen LogP contribution in [0.5, 0.6) is 11.5 Å². The molecule has 3 amide bonds. The van der Waals surface area contributed by atoms with E-state index in [-0.39, 0.29) is 28.5 Å². The van der Waals surface area contributed by atoms with Crippen molar-refractivity contribution in [3.05, 3.63) is 42.3 Å². The topological polar surface area (TPSA) is 98.8 Å². The number of aromatic nitrogens is 1. The summed E-state index contributed by atoms with van der Waals surface area (Å²) in [6.07, 6.45) is 2.36. The zero-order chi connectivity index (χ0) is 25.1. The number of thiocarbonyl (C=S) groups is 1. The molecule has 0 aliphatic carbocycles. The smallest absolute Gasteiger partial charge is 0.322 e. The molecular weight excluding hydrogens is 459 g/mol. The zero-order valence-corrected chi connectivity index (χ0v) is 20.7. The number of urea groups is 1. The van der Waals surface area contributed by atoms with Crippen molar-refractivity contribution in [2.75, 3.05) is 43.9 Å². The van der Waals surface area contributed by atoms with E-state index in [9.17, 15) is 14.0 Å². The second-order valence-electron chi connectivity index (χ2n) is 7.49. The van der Waals surface area contributed by atoms with Gasteiger partial charge in [-0.15, -0.1) is 0 Å². The largest absolute Gasteiger partial charge is 0.457 e. The Kier molecular flexibility index (Phi) is 10.6. The second-order valence-corrected chi connectivity index (χ2v) is 7.90. The standard InChI is InChI=1S/C23H31FN6O3S/c1-5-30(6-2)13-7-12-29(4)23(32)28-21-15-18(10-11-25-21)33-17-8-9-20(19(24)14-17)27-22(34)26-16(3)31/h8-11,14-15H,5-7,12-13H2,1-4H3,(H,25,28,32)(H2,26,27,31,34). The first-order chi connectivity index (χ1) is 16.2. The molecule has 0 fully saturated rings. The van der Waals surface area contributed by atoms with E-state index in [0.717, 1.165) is 26.1 Å². The van der Waals surface area contributed by atoms with Crippen LogP contribution in [-0.2, 0) is 4.79 Å². The maximum Gasteiger partial charge on any atom is 0.322 e. The molecule has 184 valence electrons. The predicted octanol–water partition coefficient (Wildman–Crippen LogP) is 4.04. The average Bonchev–Trinajstić information content (AvgIpc) is 2.78. The Hall–Kier alpha value is -3.31. The number of hydrogen-bond donors (Lipinski definition) is 3. The first-order valence-electron chi connectivity index (χ1n) is 11.0. The summed E-state index contributed by atoms with van der Waals surface area (Å²) in [5.74, 6) is -0.0326. The summed E-state index contributed by atoms with van der Waals surface area (Å²) >= 11 is 4.93. The van der Waals surface area contributed by atoms with Crippen molar-refractivity contribution in [1.82, 2.24) is 20.1 Å². The maximum absolute atomic E-state index is 14.4. The van der Waals surface area contributed by atoms with Crippen LogP contribution in [0.1, 0.15) is 27.2 Å². The number of amides is 3. The fraction of sp³-hybridized carbons (Fsp3) is 0.391. The molecule has 0 aliphatic rings. The van der Waals surface area contributed by atoms with Gasteiger partial charge in [0, 0.05) is 38.8 Å². The van der Waals surface area contributed by atoms with Crippen LogP contribution in [0.2, 0.25) is 0 Å². The van der Waals surface area contributed by atoms with Crippen LogP contribution in [0, 0.1) is 5.82 Å². The van der Waals surface area contributed by atoms with Crippen molar-refractivity contribution in [3.63, 3.8) is 0 Å². The Balaban J connectivity index is 1.94. The van der Waals surface area contributed by atoms with Crippen molar-refractivity contribution in [3.8, 4) is 11.5 Å². The molecule has 2 aromatic rings. The Morgan fingerprint density at radius 1 is 1.09 bits per heavy atom. The van der Waals surface area contributed by atoms with Crippen LogP contribution in [0.25, 0.3) is 0 Å². The van der Waals surface area contributed by atoms with Gasteiger partial charge in [0.05, 0.1) is 5.69 Å². The van der Waals surface area contributed by atoms with Crippen LogP contribution in [-0.4, -0.2) is 65.1 Å². The quantitative estimate of drug-likeness (QED) is 0.432. The number of hydrogen-bond acceptors (Lipinski definition) is 6. The van der Waals surface area contributed by atoms with Crippen molar-refractivity contribution < 1.29 is 18.7 Å². The van der Waals surface area contributed by atoms with Gasteiger partial charge in [0.25, 0.3) is 0 Å². The summed E-state index contributed by atoms with van der Waals surface area (Å²) in [5, 5.41) is 7.70. The van der Waals surface area contributed by atoms with Gasteiger partial charge in [0.1, 0.15) is 23.1 Å². The number of rotatable bonds is 10. The third-order valence-corrected chi connectivity index (χ3v) is 5.09. The number of anilines is 2. The minimum absolute atomic E-state index is 0.00685. The molecule has 0 aliphatic heterocycles. The van der Waals surface area contributed by atoms with Crippen LogP contribution < -0.4 is 20.7 Å².